The number of aromatic nitrogens is 1. The van der Waals surface area contributed by atoms with Crippen molar-refractivity contribution in [3.63, 3.8) is 0 Å². The van der Waals surface area contributed by atoms with E-state index in [1.807, 2.05) is 0 Å². The molecule has 1 aromatic heterocycles. The molecule has 0 aliphatic rings. The van der Waals surface area contributed by atoms with Gasteiger partial charge in [0.1, 0.15) is 11.5 Å². The minimum Gasteiger partial charge on any atom is -0.287 e. The fourth-order valence-corrected chi connectivity index (χ4v) is 1.76. The molecule has 0 radical (unpaired) electrons. The van der Waals surface area contributed by atoms with Crippen LogP contribution in [0.25, 0.3) is 0 Å². The Labute approximate surface area is 111 Å². The average Bonchev–Trinajstić information content (AvgIpc) is 2.32. The first-order valence-electron chi connectivity index (χ1n) is 4.69. The minimum atomic E-state index is -0.505. The molecule has 0 fully saturated rings. The van der Waals surface area contributed by atoms with Gasteiger partial charge in [0.2, 0.25) is 5.78 Å². The second-order valence-corrected chi connectivity index (χ2v) is 4.64. The smallest absolute Gasteiger partial charge is 0.212 e. The summed E-state index contributed by atoms with van der Waals surface area (Å²) in [6.45, 7) is 0. The molecule has 2 rings (SSSR count). The molecule has 0 aliphatic carbocycles. The third-order valence-corrected chi connectivity index (χ3v) is 2.93. The molecule has 1 aromatic carbocycles. The molecule has 0 amide bonds. The fourth-order valence-electron chi connectivity index (χ4n) is 1.32. The molecule has 0 spiro atoms. The summed E-state index contributed by atoms with van der Waals surface area (Å²) in [7, 11) is 0. The number of hydrogen-bond donors (Lipinski definition) is 0. The first-order valence-corrected chi connectivity index (χ1v) is 5.86. The van der Waals surface area contributed by atoms with Crippen LogP contribution >= 0.6 is 27.5 Å². The van der Waals surface area contributed by atoms with E-state index in [0.29, 0.717) is 0 Å². The van der Waals surface area contributed by atoms with Crippen LogP contribution in [0.15, 0.2) is 41.0 Å². The van der Waals surface area contributed by atoms with Crippen LogP contribution in [0.1, 0.15) is 16.1 Å². The topological polar surface area (TPSA) is 30.0 Å². The Balaban J connectivity index is 2.43. The normalized spacial score (nSPS) is 10.3. The van der Waals surface area contributed by atoms with E-state index in [1.165, 1.54) is 18.3 Å². The second kappa shape index (κ2) is 4.94. The molecule has 17 heavy (non-hydrogen) atoms. The number of rotatable bonds is 2. The highest BCUT2D eigenvalue weighted by atomic mass is 79.9. The van der Waals surface area contributed by atoms with Gasteiger partial charge in [-0.05, 0) is 46.3 Å². The SMILES string of the molecule is O=C(c1ccc(Br)cn1)c1cc(F)ccc1Cl. The first-order chi connectivity index (χ1) is 8.08. The lowest BCUT2D eigenvalue weighted by Crippen LogP contribution is -2.05. The number of halogens is 3. The van der Waals surface area contributed by atoms with Gasteiger partial charge in [0.05, 0.1) is 5.02 Å². The Hall–Kier alpha value is -1.26. The molecule has 2 aromatic rings. The summed E-state index contributed by atoms with van der Waals surface area (Å²) in [5, 5.41) is 0.209. The van der Waals surface area contributed by atoms with Crippen LogP contribution in [0.3, 0.4) is 0 Å². The number of hydrogen-bond acceptors (Lipinski definition) is 2. The van der Waals surface area contributed by atoms with Gasteiger partial charge in [-0.3, -0.25) is 9.78 Å². The Morgan fingerprint density at radius 2 is 2.06 bits per heavy atom. The van der Waals surface area contributed by atoms with Crippen LogP contribution in [-0.2, 0) is 0 Å². The minimum absolute atomic E-state index is 0.112. The van der Waals surface area contributed by atoms with E-state index in [2.05, 4.69) is 20.9 Å². The Kier molecular flexibility index (Phi) is 3.54. The molecule has 0 bridgehead atoms. The molecule has 0 unspecified atom stereocenters. The molecule has 0 saturated heterocycles. The number of ketones is 1. The molecule has 0 saturated carbocycles. The number of nitrogens with zero attached hydrogens (tertiary/aromatic N) is 1. The maximum Gasteiger partial charge on any atom is 0.212 e. The summed E-state index contributed by atoms with van der Waals surface area (Å²) in [6, 6.07) is 6.90. The Morgan fingerprint density at radius 1 is 1.29 bits per heavy atom. The molecule has 1 heterocycles. The van der Waals surface area contributed by atoms with Gasteiger partial charge in [0.15, 0.2) is 0 Å². The highest BCUT2D eigenvalue weighted by Gasteiger charge is 2.14. The highest BCUT2D eigenvalue weighted by Crippen LogP contribution is 2.20. The summed E-state index contributed by atoms with van der Waals surface area (Å²) >= 11 is 9.06. The van der Waals surface area contributed by atoms with Gasteiger partial charge < -0.3 is 0 Å². The number of pyridine rings is 1. The van der Waals surface area contributed by atoms with Crippen LogP contribution in [0, 0.1) is 5.82 Å². The van der Waals surface area contributed by atoms with Crippen LogP contribution in [0.5, 0.6) is 0 Å². The maximum atomic E-state index is 13.0. The van der Waals surface area contributed by atoms with Crippen molar-refractivity contribution < 1.29 is 9.18 Å². The summed E-state index contributed by atoms with van der Waals surface area (Å²) < 4.78 is 13.8. The standard InChI is InChI=1S/C12H6BrClFNO/c13-7-1-4-11(16-6-7)12(17)9-5-8(15)2-3-10(9)14/h1-6H. The highest BCUT2D eigenvalue weighted by molar-refractivity contribution is 9.10. The van der Waals surface area contributed by atoms with Crippen LogP contribution in [-0.4, -0.2) is 10.8 Å². The lowest BCUT2D eigenvalue weighted by Gasteiger charge is -2.03. The first kappa shape index (κ1) is 12.2. The molecule has 0 atom stereocenters. The number of carbonyl (C=O) groups is 1. The predicted molar refractivity (Wildman–Crippen MR) is 66.8 cm³/mol. The summed E-state index contributed by atoms with van der Waals surface area (Å²) in [5.74, 6) is -0.906. The van der Waals surface area contributed by atoms with E-state index in [1.54, 1.807) is 12.1 Å². The molecule has 0 N–H and O–H groups in total. The van der Waals surface area contributed by atoms with E-state index in [4.69, 9.17) is 11.6 Å². The van der Waals surface area contributed by atoms with Crippen LogP contribution < -0.4 is 0 Å². The third-order valence-electron chi connectivity index (χ3n) is 2.13. The molecule has 2 nitrogen and oxygen atoms in total. The van der Waals surface area contributed by atoms with E-state index in [0.717, 1.165) is 10.5 Å². The van der Waals surface area contributed by atoms with Gasteiger partial charge in [-0.2, -0.15) is 0 Å². The monoisotopic (exact) mass is 313 g/mol. The van der Waals surface area contributed by atoms with Crippen molar-refractivity contribution in [2.24, 2.45) is 0 Å². The van der Waals surface area contributed by atoms with Gasteiger partial charge in [0, 0.05) is 16.2 Å². The van der Waals surface area contributed by atoms with Crippen molar-refractivity contribution in [1.82, 2.24) is 4.98 Å². The maximum absolute atomic E-state index is 13.0. The van der Waals surface area contributed by atoms with Gasteiger partial charge in [-0.1, -0.05) is 11.6 Å². The summed E-state index contributed by atoms with van der Waals surface area (Å²) in [5.41, 5.74) is 0.335. The zero-order chi connectivity index (χ0) is 12.4. The summed E-state index contributed by atoms with van der Waals surface area (Å²) in [6.07, 6.45) is 1.50. The second-order valence-electron chi connectivity index (χ2n) is 3.31. The van der Waals surface area contributed by atoms with Crippen LogP contribution in [0.2, 0.25) is 5.02 Å². The zero-order valence-corrected chi connectivity index (χ0v) is 10.8. The Bertz CT molecular complexity index is 571. The molecular formula is C12H6BrClFNO. The summed E-state index contributed by atoms with van der Waals surface area (Å²) in [4.78, 5) is 15.9. The van der Waals surface area contributed by atoms with E-state index >= 15 is 0 Å². The van der Waals surface area contributed by atoms with Gasteiger partial charge in [-0.25, -0.2) is 4.39 Å². The quantitative estimate of drug-likeness (QED) is 0.788. The third kappa shape index (κ3) is 2.70. The van der Waals surface area contributed by atoms with Gasteiger partial charge in [-0.15, -0.1) is 0 Å². The molecule has 86 valence electrons. The van der Waals surface area contributed by atoms with Crippen molar-refractivity contribution in [3.05, 3.63) is 63.1 Å². The predicted octanol–water partition coefficient (Wildman–Crippen LogP) is 3.87. The van der Waals surface area contributed by atoms with Crippen molar-refractivity contribution in [3.8, 4) is 0 Å². The van der Waals surface area contributed by atoms with Crippen molar-refractivity contribution in [2.75, 3.05) is 0 Å². The largest absolute Gasteiger partial charge is 0.287 e. The Morgan fingerprint density at radius 3 is 2.71 bits per heavy atom. The number of carbonyl (C=O) groups excluding carboxylic acids is 1. The number of benzene rings is 1. The lowest BCUT2D eigenvalue weighted by molar-refractivity contribution is 0.103. The average molecular weight is 315 g/mol. The zero-order valence-electron chi connectivity index (χ0n) is 8.45. The van der Waals surface area contributed by atoms with Crippen molar-refractivity contribution in [2.45, 2.75) is 0 Å². The fraction of sp³-hybridized carbons (Fsp3) is 0. The molecular weight excluding hydrogens is 308 g/mol. The van der Waals surface area contributed by atoms with Gasteiger partial charge >= 0.3 is 0 Å². The van der Waals surface area contributed by atoms with Crippen molar-refractivity contribution in [1.29, 1.82) is 0 Å². The van der Waals surface area contributed by atoms with E-state index in [-0.39, 0.29) is 16.3 Å². The molecule has 5 heteroatoms. The van der Waals surface area contributed by atoms with Crippen molar-refractivity contribution >= 4 is 33.3 Å². The van der Waals surface area contributed by atoms with E-state index in [9.17, 15) is 9.18 Å². The van der Waals surface area contributed by atoms with Gasteiger partial charge in [0.25, 0.3) is 0 Å². The lowest BCUT2D eigenvalue weighted by atomic mass is 10.1. The molecule has 0 aliphatic heterocycles. The van der Waals surface area contributed by atoms with Crippen LogP contribution in [0.4, 0.5) is 4.39 Å². The van der Waals surface area contributed by atoms with E-state index < -0.39 is 11.6 Å².